The van der Waals surface area contributed by atoms with Crippen LogP contribution in [0.2, 0.25) is 0 Å². The summed E-state index contributed by atoms with van der Waals surface area (Å²) in [6.45, 7) is 5.35. The first-order valence-electron chi connectivity index (χ1n) is 12.3. The highest BCUT2D eigenvalue weighted by molar-refractivity contribution is 5.93. The SMILES string of the molecule is CO[C@@H]1[C@H]2OC(=O)O[C@H]2[C@H](Oc2ccc3cc(NC(=O)CCc4ccccc4)c(=O)oc3c2C)OC1(C)C. The minimum absolute atomic E-state index is 0.0597. The Labute approximate surface area is 218 Å². The molecule has 10 heteroatoms. The second-order valence-corrected chi connectivity index (χ2v) is 9.87. The molecule has 2 aliphatic heterocycles. The van der Waals surface area contributed by atoms with Gasteiger partial charge in [-0.15, -0.1) is 0 Å². The van der Waals surface area contributed by atoms with Crippen molar-refractivity contribution in [1.29, 1.82) is 0 Å². The summed E-state index contributed by atoms with van der Waals surface area (Å²) in [5.74, 6) is 0.0881. The van der Waals surface area contributed by atoms with E-state index in [0.717, 1.165) is 5.56 Å². The van der Waals surface area contributed by atoms with E-state index in [1.807, 2.05) is 44.2 Å². The van der Waals surface area contributed by atoms with Gasteiger partial charge in [0.25, 0.3) is 0 Å². The normalized spacial score (nSPS) is 23.8. The standard InChI is InChI=1S/C28H29NO9/c1-15-19(34-26-23-22(36-27(32)37-23)24(33-4)28(2,3)38-26)12-11-17-14-18(25(31)35-21(15)17)29-20(30)13-10-16-8-6-5-7-9-16/h5-9,11-12,14,22-24,26H,10,13H2,1-4H3,(H,29,30)/t22-,23+,24+,26+/m0/s1. The van der Waals surface area contributed by atoms with Crippen molar-refractivity contribution in [2.75, 3.05) is 12.4 Å². The predicted molar refractivity (Wildman–Crippen MR) is 136 cm³/mol. The lowest BCUT2D eigenvalue weighted by Gasteiger charge is -2.45. The second kappa shape index (κ2) is 10.1. The number of carbonyl (C=O) groups is 2. The molecule has 2 fully saturated rings. The van der Waals surface area contributed by atoms with Gasteiger partial charge in [0.05, 0.1) is 5.60 Å². The van der Waals surface area contributed by atoms with Crippen molar-refractivity contribution in [2.45, 2.75) is 63.8 Å². The third-order valence-electron chi connectivity index (χ3n) is 6.82. The molecule has 2 aliphatic rings. The van der Waals surface area contributed by atoms with E-state index in [1.54, 1.807) is 25.1 Å². The molecule has 10 nitrogen and oxygen atoms in total. The van der Waals surface area contributed by atoms with Crippen LogP contribution in [-0.4, -0.2) is 49.4 Å². The van der Waals surface area contributed by atoms with Crippen molar-refractivity contribution < 1.29 is 37.7 Å². The molecule has 0 radical (unpaired) electrons. The topological polar surface area (TPSA) is 123 Å². The van der Waals surface area contributed by atoms with E-state index >= 15 is 0 Å². The molecule has 1 aromatic heterocycles. The molecule has 3 aromatic rings. The second-order valence-electron chi connectivity index (χ2n) is 9.87. The summed E-state index contributed by atoms with van der Waals surface area (Å²) >= 11 is 0. The van der Waals surface area contributed by atoms with Gasteiger partial charge in [-0.05, 0) is 51.0 Å². The van der Waals surface area contributed by atoms with Crippen LogP contribution in [0.1, 0.15) is 31.4 Å². The Balaban J connectivity index is 1.34. The van der Waals surface area contributed by atoms with E-state index in [0.29, 0.717) is 28.7 Å². The molecule has 1 amide bonds. The summed E-state index contributed by atoms with van der Waals surface area (Å²) in [6.07, 6.45) is -3.15. The molecule has 0 unspecified atom stereocenters. The molecule has 38 heavy (non-hydrogen) atoms. The number of benzene rings is 2. The van der Waals surface area contributed by atoms with Crippen LogP contribution in [0.5, 0.6) is 5.75 Å². The molecule has 200 valence electrons. The molecule has 2 saturated heterocycles. The van der Waals surface area contributed by atoms with Gasteiger partial charge in [0.15, 0.2) is 6.10 Å². The number of aryl methyl sites for hydroxylation is 2. The van der Waals surface area contributed by atoms with Gasteiger partial charge in [-0.2, -0.15) is 0 Å². The van der Waals surface area contributed by atoms with E-state index in [1.165, 1.54) is 7.11 Å². The van der Waals surface area contributed by atoms with E-state index < -0.39 is 42.0 Å². The first-order chi connectivity index (χ1) is 18.2. The smallest absolute Gasteiger partial charge is 0.460 e. The van der Waals surface area contributed by atoms with Crippen LogP contribution in [0.4, 0.5) is 10.5 Å². The fourth-order valence-corrected chi connectivity index (χ4v) is 4.93. The zero-order chi connectivity index (χ0) is 27.0. The minimum atomic E-state index is -0.987. The van der Waals surface area contributed by atoms with Crippen molar-refractivity contribution >= 4 is 28.7 Å². The van der Waals surface area contributed by atoms with E-state index in [9.17, 15) is 14.4 Å². The van der Waals surface area contributed by atoms with E-state index in [4.69, 9.17) is 28.1 Å². The first-order valence-corrected chi connectivity index (χ1v) is 12.3. The number of anilines is 1. The quantitative estimate of drug-likeness (QED) is 0.360. The van der Waals surface area contributed by atoms with Crippen LogP contribution in [0.15, 0.2) is 57.7 Å². The molecule has 4 atom stereocenters. The highest BCUT2D eigenvalue weighted by atomic mass is 16.8. The largest absolute Gasteiger partial charge is 0.509 e. The number of rotatable bonds is 7. The monoisotopic (exact) mass is 523 g/mol. The summed E-state index contributed by atoms with van der Waals surface area (Å²) in [4.78, 5) is 37.0. The maximum Gasteiger partial charge on any atom is 0.509 e. The third-order valence-corrected chi connectivity index (χ3v) is 6.82. The van der Waals surface area contributed by atoms with Crippen molar-refractivity contribution in [3.05, 3.63) is 70.1 Å². The number of carbonyl (C=O) groups excluding carboxylic acids is 2. The lowest BCUT2D eigenvalue weighted by Crippen LogP contribution is -2.62. The zero-order valence-corrected chi connectivity index (χ0v) is 21.5. The highest BCUT2D eigenvalue weighted by Gasteiger charge is 2.59. The van der Waals surface area contributed by atoms with Crippen molar-refractivity contribution in [1.82, 2.24) is 0 Å². The van der Waals surface area contributed by atoms with Gasteiger partial charge >= 0.3 is 11.8 Å². The number of fused-ring (bicyclic) bond motifs is 2. The number of methoxy groups -OCH3 is 1. The predicted octanol–water partition coefficient (Wildman–Crippen LogP) is 4.11. The molecule has 0 aliphatic carbocycles. The van der Waals surface area contributed by atoms with Crippen molar-refractivity contribution in [2.24, 2.45) is 0 Å². The van der Waals surface area contributed by atoms with Gasteiger partial charge in [-0.25, -0.2) is 9.59 Å². The molecule has 0 saturated carbocycles. The average Bonchev–Trinajstić information content (AvgIpc) is 3.27. The molecular formula is C28H29NO9. The Morgan fingerprint density at radius 3 is 2.53 bits per heavy atom. The Kier molecular flexibility index (Phi) is 6.85. The molecule has 0 spiro atoms. The van der Waals surface area contributed by atoms with Crippen molar-refractivity contribution in [3.8, 4) is 5.75 Å². The van der Waals surface area contributed by atoms with Crippen molar-refractivity contribution in [3.63, 3.8) is 0 Å². The van der Waals surface area contributed by atoms with Crippen LogP contribution in [0, 0.1) is 6.92 Å². The zero-order valence-electron chi connectivity index (χ0n) is 21.5. The Morgan fingerprint density at radius 1 is 1.05 bits per heavy atom. The van der Waals surface area contributed by atoms with Gasteiger partial charge in [0.2, 0.25) is 18.3 Å². The van der Waals surface area contributed by atoms with Crippen LogP contribution in [0.3, 0.4) is 0 Å². The number of ether oxygens (including phenoxy) is 5. The summed E-state index contributed by atoms with van der Waals surface area (Å²) in [5.41, 5.74) is 0.407. The Bertz CT molecular complexity index is 1420. The molecular weight excluding hydrogens is 494 g/mol. The van der Waals surface area contributed by atoms with E-state index in [-0.39, 0.29) is 18.0 Å². The maximum absolute atomic E-state index is 12.7. The Hall–Kier alpha value is -3.89. The van der Waals surface area contributed by atoms with E-state index in [2.05, 4.69) is 5.32 Å². The van der Waals surface area contributed by atoms with Gasteiger partial charge < -0.3 is 33.4 Å². The van der Waals surface area contributed by atoms with Gasteiger partial charge in [0.1, 0.15) is 23.1 Å². The average molecular weight is 524 g/mol. The first kappa shape index (κ1) is 25.7. The molecule has 1 N–H and O–H groups in total. The van der Waals surface area contributed by atoms with Crippen LogP contribution in [-0.2, 0) is 30.2 Å². The molecule has 0 bridgehead atoms. The van der Waals surface area contributed by atoms with Crippen LogP contribution >= 0.6 is 0 Å². The lowest BCUT2D eigenvalue weighted by atomic mass is 9.89. The summed E-state index contributed by atoms with van der Waals surface area (Å²) in [6, 6.07) is 14.6. The van der Waals surface area contributed by atoms with Gasteiger partial charge in [0, 0.05) is 24.5 Å². The van der Waals surface area contributed by atoms with Crippen LogP contribution in [0.25, 0.3) is 11.0 Å². The molecule has 2 aromatic carbocycles. The molecule has 3 heterocycles. The number of hydrogen-bond acceptors (Lipinski definition) is 9. The number of amides is 1. The van der Waals surface area contributed by atoms with Gasteiger partial charge in [-0.3, -0.25) is 4.79 Å². The van der Waals surface area contributed by atoms with Gasteiger partial charge in [-0.1, -0.05) is 30.3 Å². The third kappa shape index (κ3) is 4.97. The minimum Gasteiger partial charge on any atom is -0.460 e. The lowest BCUT2D eigenvalue weighted by molar-refractivity contribution is -0.282. The summed E-state index contributed by atoms with van der Waals surface area (Å²) < 4.78 is 34.0. The highest BCUT2D eigenvalue weighted by Crippen LogP contribution is 2.39. The number of nitrogens with one attached hydrogen (secondary N) is 1. The summed E-state index contributed by atoms with van der Waals surface area (Å²) in [7, 11) is 1.51. The maximum atomic E-state index is 12.7. The Morgan fingerprint density at radius 2 is 1.79 bits per heavy atom. The molecule has 5 rings (SSSR count). The van der Waals surface area contributed by atoms with Crippen LogP contribution < -0.4 is 15.7 Å². The fraction of sp³-hybridized carbons (Fsp3) is 0.393. The number of hydrogen-bond donors (Lipinski definition) is 1. The summed E-state index contributed by atoms with van der Waals surface area (Å²) in [5, 5.41) is 3.25. The fourth-order valence-electron chi connectivity index (χ4n) is 4.93.